The van der Waals surface area contributed by atoms with Crippen molar-refractivity contribution in [2.45, 2.75) is 6.42 Å². The predicted octanol–water partition coefficient (Wildman–Crippen LogP) is 2.06. The van der Waals surface area contributed by atoms with Gasteiger partial charge in [0, 0.05) is 11.6 Å². The van der Waals surface area contributed by atoms with Crippen molar-refractivity contribution in [3.05, 3.63) is 29.8 Å². The van der Waals surface area contributed by atoms with Crippen LogP contribution in [0, 0.1) is 11.3 Å². The summed E-state index contributed by atoms with van der Waals surface area (Å²) in [4.78, 5) is 19.5. The zero-order valence-corrected chi connectivity index (χ0v) is 9.57. The van der Waals surface area contributed by atoms with Crippen molar-refractivity contribution >= 4 is 22.4 Å². The van der Waals surface area contributed by atoms with Gasteiger partial charge in [-0.2, -0.15) is 5.26 Å². The first-order valence-electron chi connectivity index (χ1n) is 4.83. The second kappa shape index (κ2) is 5.18. The Labute approximate surface area is 102 Å². The molecule has 0 unspecified atom stereocenters. The first-order valence-corrected chi connectivity index (χ1v) is 5.71. The second-order valence-corrected chi connectivity index (χ2v) is 3.99. The molecule has 0 fully saturated rings. The number of nitriles is 1. The molecule has 1 amide bonds. The zero-order chi connectivity index (χ0) is 12.1. The molecule has 0 aliphatic heterocycles. The van der Waals surface area contributed by atoms with Crippen LogP contribution in [0.3, 0.4) is 0 Å². The summed E-state index contributed by atoms with van der Waals surface area (Å²) in [6.07, 6.45) is 1.51. The molecule has 2 aromatic heterocycles. The molecule has 0 radical (unpaired) electrons. The smallest absolute Gasteiger partial charge is 0.240 e. The molecular formula is C11H8N4OS. The number of anilines is 1. The summed E-state index contributed by atoms with van der Waals surface area (Å²) in [5.74, 6) is -0.352. The zero-order valence-electron chi connectivity index (χ0n) is 8.75. The fourth-order valence-electron chi connectivity index (χ4n) is 1.20. The Balaban J connectivity index is 2.12. The third-order valence-corrected chi connectivity index (χ3v) is 2.68. The van der Waals surface area contributed by atoms with Crippen LogP contribution in [0.4, 0.5) is 5.13 Å². The Morgan fingerprint density at radius 2 is 2.35 bits per heavy atom. The van der Waals surface area contributed by atoms with Crippen molar-refractivity contribution in [2.24, 2.45) is 0 Å². The van der Waals surface area contributed by atoms with Gasteiger partial charge in [0.05, 0.1) is 11.8 Å². The maximum Gasteiger partial charge on any atom is 0.240 e. The van der Waals surface area contributed by atoms with Crippen molar-refractivity contribution < 1.29 is 4.79 Å². The molecule has 5 nitrogen and oxygen atoms in total. The maximum absolute atomic E-state index is 11.2. The van der Waals surface area contributed by atoms with Gasteiger partial charge in [0.2, 0.25) is 5.91 Å². The second-order valence-electron chi connectivity index (χ2n) is 3.14. The van der Waals surface area contributed by atoms with E-state index in [0.717, 1.165) is 5.69 Å². The van der Waals surface area contributed by atoms with Gasteiger partial charge < -0.3 is 5.32 Å². The summed E-state index contributed by atoms with van der Waals surface area (Å²) in [6, 6.07) is 7.32. The molecule has 17 heavy (non-hydrogen) atoms. The number of thiazole rings is 1. The third-order valence-electron chi connectivity index (χ3n) is 1.92. The van der Waals surface area contributed by atoms with Crippen molar-refractivity contribution in [1.82, 2.24) is 9.97 Å². The quantitative estimate of drug-likeness (QED) is 0.896. The minimum absolute atomic E-state index is 0.168. The maximum atomic E-state index is 11.2. The summed E-state index contributed by atoms with van der Waals surface area (Å²) in [5.41, 5.74) is 1.47. The number of carbonyl (C=O) groups is 1. The molecule has 0 spiro atoms. The SMILES string of the molecule is N#CCC(=O)Nc1nc(-c2ccccn2)cs1. The number of pyridine rings is 1. The van der Waals surface area contributed by atoms with Crippen LogP contribution in [0.15, 0.2) is 29.8 Å². The minimum atomic E-state index is -0.352. The molecule has 1 N–H and O–H groups in total. The largest absolute Gasteiger partial charge is 0.301 e. The summed E-state index contributed by atoms with van der Waals surface area (Å²) in [7, 11) is 0. The van der Waals surface area contributed by atoms with Crippen LogP contribution < -0.4 is 5.32 Å². The molecular weight excluding hydrogens is 236 g/mol. The number of hydrogen-bond acceptors (Lipinski definition) is 5. The highest BCUT2D eigenvalue weighted by Gasteiger charge is 2.07. The van der Waals surface area contributed by atoms with E-state index in [4.69, 9.17) is 5.26 Å². The van der Waals surface area contributed by atoms with E-state index < -0.39 is 0 Å². The fraction of sp³-hybridized carbons (Fsp3) is 0.0909. The Bertz CT molecular complexity index is 558. The third kappa shape index (κ3) is 2.86. The number of hydrogen-bond donors (Lipinski definition) is 1. The van der Waals surface area contributed by atoms with E-state index >= 15 is 0 Å². The van der Waals surface area contributed by atoms with Gasteiger partial charge in [-0.1, -0.05) is 6.07 Å². The first kappa shape index (κ1) is 11.2. The van der Waals surface area contributed by atoms with Crippen LogP contribution in [0.25, 0.3) is 11.4 Å². The molecule has 84 valence electrons. The molecule has 0 aliphatic carbocycles. The summed E-state index contributed by atoms with van der Waals surface area (Å²) < 4.78 is 0. The minimum Gasteiger partial charge on any atom is -0.301 e. The average Bonchev–Trinajstić information content (AvgIpc) is 2.79. The molecule has 0 bridgehead atoms. The molecule has 2 rings (SSSR count). The highest BCUT2D eigenvalue weighted by Crippen LogP contribution is 2.22. The van der Waals surface area contributed by atoms with Gasteiger partial charge >= 0.3 is 0 Å². The molecule has 0 saturated heterocycles. The number of nitrogens with one attached hydrogen (secondary N) is 1. The topological polar surface area (TPSA) is 78.7 Å². The highest BCUT2D eigenvalue weighted by atomic mass is 32.1. The number of aromatic nitrogens is 2. The monoisotopic (exact) mass is 244 g/mol. The van der Waals surface area contributed by atoms with E-state index in [-0.39, 0.29) is 12.3 Å². The van der Waals surface area contributed by atoms with Crippen LogP contribution in [0.5, 0.6) is 0 Å². The van der Waals surface area contributed by atoms with Crippen LogP contribution in [0.1, 0.15) is 6.42 Å². The summed E-state index contributed by atoms with van der Waals surface area (Å²) in [5, 5.41) is 13.2. The molecule has 2 heterocycles. The van der Waals surface area contributed by atoms with E-state index in [1.54, 1.807) is 12.3 Å². The van der Waals surface area contributed by atoms with Gasteiger partial charge in [0.15, 0.2) is 5.13 Å². The molecule has 0 aromatic carbocycles. The average molecular weight is 244 g/mol. The van der Waals surface area contributed by atoms with Gasteiger partial charge in [0.25, 0.3) is 0 Å². The van der Waals surface area contributed by atoms with E-state index in [0.29, 0.717) is 10.8 Å². The van der Waals surface area contributed by atoms with E-state index in [1.165, 1.54) is 11.3 Å². The number of carbonyl (C=O) groups excluding carboxylic acids is 1. The molecule has 0 aliphatic rings. The van der Waals surface area contributed by atoms with E-state index in [9.17, 15) is 4.79 Å². The Hall–Kier alpha value is -2.26. The van der Waals surface area contributed by atoms with Crippen LogP contribution in [0.2, 0.25) is 0 Å². The Morgan fingerprint density at radius 1 is 1.47 bits per heavy atom. The summed E-state index contributed by atoms with van der Waals surface area (Å²) in [6.45, 7) is 0. The lowest BCUT2D eigenvalue weighted by Gasteiger charge is -1.96. The number of nitrogens with zero attached hydrogens (tertiary/aromatic N) is 3. The standard InChI is InChI=1S/C11H8N4OS/c12-5-4-10(16)15-11-14-9(7-17-11)8-3-1-2-6-13-8/h1-3,6-7H,4H2,(H,14,15,16). The first-order chi connectivity index (χ1) is 8.29. The number of rotatable bonds is 3. The highest BCUT2D eigenvalue weighted by molar-refractivity contribution is 7.14. The van der Waals surface area contributed by atoms with Crippen LogP contribution in [-0.4, -0.2) is 15.9 Å². The fourth-order valence-corrected chi connectivity index (χ4v) is 1.92. The van der Waals surface area contributed by atoms with E-state index in [2.05, 4.69) is 15.3 Å². The van der Waals surface area contributed by atoms with Gasteiger partial charge in [-0.05, 0) is 12.1 Å². The predicted molar refractivity (Wildman–Crippen MR) is 64.2 cm³/mol. The number of amides is 1. The van der Waals surface area contributed by atoms with Crippen molar-refractivity contribution in [2.75, 3.05) is 5.32 Å². The van der Waals surface area contributed by atoms with Gasteiger partial charge in [-0.3, -0.25) is 9.78 Å². The van der Waals surface area contributed by atoms with E-state index in [1.807, 2.05) is 23.6 Å². The lowest BCUT2D eigenvalue weighted by Crippen LogP contribution is -2.09. The van der Waals surface area contributed by atoms with Crippen LogP contribution in [-0.2, 0) is 4.79 Å². The molecule has 0 saturated carbocycles. The van der Waals surface area contributed by atoms with Gasteiger partial charge in [-0.15, -0.1) is 11.3 Å². The Kier molecular flexibility index (Phi) is 3.43. The molecule has 6 heteroatoms. The lowest BCUT2D eigenvalue weighted by molar-refractivity contribution is -0.115. The van der Waals surface area contributed by atoms with Crippen molar-refractivity contribution in [3.8, 4) is 17.5 Å². The summed E-state index contributed by atoms with van der Waals surface area (Å²) >= 11 is 1.31. The molecule has 2 aromatic rings. The Morgan fingerprint density at radius 3 is 3.06 bits per heavy atom. The molecule has 0 atom stereocenters. The van der Waals surface area contributed by atoms with Crippen LogP contribution >= 0.6 is 11.3 Å². The van der Waals surface area contributed by atoms with Gasteiger partial charge in [0.1, 0.15) is 12.1 Å². The van der Waals surface area contributed by atoms with Gasteiger partial charge in [-0.25, -0.2) is 4.98 Å². The van der Waals surface area contributed by atoms with Crippen molar-refractivity contribution in [1.29, 1.82) is 5.26 Å². The lowest BCUT2D eigenvalue weighted by atomic mass is 10.3. The normalized spacial score (nSPS) is 9.59. The van der Waals surface area contributed by atoms with Crippen molar-refractivity contribution in [3.63, 3.8) is 0 Å².